The molecule has 4 rings (SSSR count). The maximum absolute atomic E-state index is 13.5. The number of imide groups is 1. The molecule has 0 aromatic heterocycles. The number of piperidine rings is 1. The number of methoxy groups -OCH3 is 1. The smallest absolute Gasteiger partial charge is 0.282 e. The quantitative estimate of drug-likeness (QED) is 0.764. The van der Waals surface area contributed by atoms with Gasteiger partial charge in [0.25, 0.3) is 11.8 Å². The van der Waals surface area contributed by atoms with Crippen LogP contribution in [-0.4, -0.2) is 36.9 Å². The Hall–Kier alpha value is -3.08. The average molecular weight is 376 g/mol. The van der Waals surface area contributed by atoms with Crippen molar-refractivity contribution >= 4 is 23.1 Å². The lowest BCUT2D eigenvalue weighted by Gasteiger charge is -2.32. The van der Waals surface area contributed by atoms with E-state index in [2.05, 4.69) is 11.8 Å². The Labute approximate surface area is 165 Å². The number of carbonyl (C=O) groups is 2. The van der Waals surface area contributed by atoms with Gasteiger partial charge in [0, 0.05) is 18.7 Å². The zero-order chi connectivity index (χ0) is 19.7. The van der Waals surface area contributed by atoms with Crippen LogP contribution in [0.5, 0.6) is 5.75 Å². The highest BCUT2D eigenvalue weighted by Crippen LogP contribution is 2.39. The topological polar surface area (TPSA) is 49.9 Å². The highest BCUT2D eigenvalue weighted by Gasteiger charge is 2.43. The summed E-state index contributed by atoms with van der Waals surface area (Å²) in [4.78, 5) is 30.3. The minimum atomic E-state index is -0.297. The molecule has 0 spiro atoms. The number of nitrogens with zero attached hydrogens (tertiary/aromatic N) is 2. The lowest BCUT2D eigenvalue weighted by Crippen LogP contribution is -2.38. The molecule has 144 valence electrons. The van der Waals surface area contributed by atoms with E-state index >= 15 is 0 Å². The van der Waals surface area contributed by atoms with Gasteiger partial charge >= 0.3 is 0 Å². The van der Waals surface area contributed by atoms with Gasteiger partial charge in [-0.1, -0.05) is 43.3 Å². The van der Waals surface area contributed by atoms with E-state index in [1.807, 2.05) is 42.5 Å². The molecule has 2 heterocycles. The molecule has 1 fully saturated rings. The normalized spacial score (nSPS) is 18.2. The van der Waals surface area contributed by atoms with Crippen molar-refractivity contribution in [2.45, 2.75) is 19.8 Å². The van der Waals surface area contributed by atoms with Crippen molar-refractivity contribution in [3.05, 3.63) is 65.9 Å². The summed E-state index contributed by atoms with van der Waals surface area (Å²) < 4.78 is 5.50. The molecule has 5 heteroatoms. The largest absolute Gasteiger partial charge is 0.496 e. The van der Waals surface area contributed by atoms with Crippen LogP contribution in [-0.2, 0) is 9.59 Å². The Balaban J connectivity index is 1.85. The van der Waals surface area contributed by atoms with Crippen LogP contribution in [0.2, 0.25) is 0 Å². The molecule has 0 saturated carbocycles. The molecule has 1 saturated heterocycles. The summed E-state index contributed by atoms with van der Waals surface area (Å²) in [7, 11) is 1.58. The molecule has 2 aromatic carbocycles. The molecule has 28 heavy (non-hydrogen) atoms. The number of amides is 2. The summed E-state index contributed by atoms with van der Waals surface area (Å²) >= 11 is 0. The maximum Gasteiger partial charge on any atom is 0.282 e. The van der Waals surface area contributed by atoms with Crippen molar-refractivity contribution < 1.29 is 14.3 Å². The summed E-state index contributed by atoms with van der Waals surface area (Å²) in [6.45, 7) is 3.78. The lowest BCUT2D eigenvalue weighted by atomic mass is 9.97. The monoisotopic (exact) mass is 376 g/mol. The number of carbonyl (C=O) groups excluding carboxylic acids is 2. The molecular formula is C23H24N2O3. The Morgan fingerprint density at radius 1 is 0.893 bits per heavy atom. The second-order valence-electron chi connectivity index (χ2n) is 7.37. The highest BCUT2D eigenvalue weighted by molar-refractivity contribution is 6.45. The van der Waals surface area contributed by atoms with Crippen LogP contribution in [0.25, 0.3) is 5.57 Å². The minimum Gasteiger partial charge on any atom is -0.496 e. The maximum atomic E-state index is 13.5. The molecule has 2 aliphatic heterocycles. The summed E-state index contributed by atoms with van der Waals surface area (Å²) in [6, 6.07) is 16.5. The van der Waals surface area contributed by atoms with Gasteiger partial charge in [-0.15, -0.1) is 0 Å². The first-order valence-electron chi connectivity index (χ1n) is 9.68. The second kappa shape index (κ2) is 7.50. The number of rotatable bonds is 4. The number of hydrogen-bond donors (Lipinski definition) is 0. The zero-order valence-corrected chi connectivity index (χ0v) is 16.2. The van der Waals surface area contributed by atoms with Gasteiger partial charge in [-0.3, -0.25) is 9.59 Å². The number of likely N-dealkylation sites (tertiary alicyclic amines) is 1. The standard InChI is InChI=1S/C23H24N2O3/c1-16-12-14-24(15-13-16)21-20(18-10-6-7-11-19(18)28-2)22(26)25(23(21)27)17-8-4-3-5-9-17/h3-11,16H,12-15H2,1-2H3. The number of para-hydroxylation sites is 2. The van der Waals surface area contributed by atoms with Gasteiger partial charge in [0.05, 0.1) is 18.4 Å². The number of benzene rings is 2. The van der Waals surface area contributed by atoms with E-state index in [0.717, 1.165) is 25.9 Å². The van der Waals surface area contributed by atoms with Crippen LogP contribution in [0.15, 0.2) is 60.3 Å². The second-order valence-corrected chi connectivity index (χ2v) is 7.37. The summed E-state index contributed by atoms with van der Waals surface area (Å²) in [5.41, 5.74) is 2.17. The molecule has 0 bridgehead atoms. The van der Waals surface area contributed by atoms with Gasteiger partial charge in [-0.2, -0.15) is 0 Å². The molecule has 0 N–H and O–H groups in total. The molecule has 2 amide bonds. The first kappa shape index (κ1) is 18.3. The third-order valence-electron chi connectivity index (χ3n) is 5.55. The Morgan fingerprint density at radius 2 is 1.54 bits per heavy atom. The van der Waals surface area contributed by atoms with Crippen molar-refractivity contribution in [1.29, 1.82) is 0 Å². The van der Waals surface area contributed by atoms with Crippen LogP contribution >= 0.6 is 0 Å². The van der Waals surface area contributed by atoms with Crippen molar-refractivity contribution in [3.63, 3.8) is 0 Å². The average Bonchev–Trinajstić information content (AvgIpc) is 2.99. The van der Waals surface area contributed by atoms with Crippen LogP contribution < -0.4 is 9.64 Å². The highest BCUT2D eigenvalue weighted by atomic mass is 16.5. The fourth-order valence-corrected chi connectivity index (χ4v) is 3.95. The van der Waals surface area contributed by atoms with E-state index in [4.69, 9.17) is 4.74 Å². The van der Waals surface area contributed by atoms with E-state index in [0.29, 0.717) is 34.2 Å². The van der Waals surface area contributed by atoms with Crippen LogP contribution in [0.1, 0.15) is 25.3 Å². The summed E-state index contributed by atoms with van der Waals surface area (Å²) in [5.74, 6) is 0.668. The number of ether oxygens (including phenoxy) is 1. The van der Waals surface area contributed by atoms with Crippen molar-refractivity contribution in [3.8, 4) is 5.75 Å². The van der Waals surface area contributed by atoms with E-state index in [1.165, 1.54) is 4.90 Å². The van der Waals surface area contributed by atoms with E-state index < -0.39 is 0 Å². The Kier molecular flexibility index (Phi) is 4.90. The minimum absolute atomic E-state index is 0.258. The van der Waals surface area contributed by atoms with Gasteiger partial charge < -0.3 is 9.64 Å². The van der Waals surface area contributed by atoms with Crippen molar-refractivity contribution in [1.82, 2.24) is 4.90 Å². The lowest BCUT2D eigenvalue weighted by molar-refractivity contribution is -0.120. The fraction of sp³-hybridized carbons (Fsp3) is 0.304. The van der Waals surface area contributed by atoms with Gasteiger partial charge in [-0.05, 0) is 37.0 Å². The molecule has 2 aromatic rings. The first-order chi connectivity index (χ1) is 13.6. The van der Waals surface area contributed by atoms with Crippen molar-refractivity contribution in [2.24, 2.45) is 5.92 Å². The number of anilines is 1. The Morgan fingerprint density at radius 3 is 2.21 bits per heavy atom. The molecule has 0 atom stereocenters. The molecule has 5 nitrogen and oxygen atoms in total. The Bertz CT molecular complexity index is 928. The van der Waals surface area contributed by atoms with Gasteiger partial charge in [0.1, 0.15) is 11.4 Å². The molecule has 2 aliphatic rings. The zero-order valence-electron chi connectivity index (χ0n) is 16.2. The third kappa shape index (κ3) is 3.07. The fourth-order valence-electron chi connectivity index (χ4n) is 3.95. The summed E-state index contributed by atoms with van der Waals surface area (Å²) in [6.07, 6.45) is 2.02. The van der Waals surface area contributed by atoms with E-state index in [9.17, 15) is 9.59 Å². The molecule has 0 unspecified atom stereocenters. The number of hydrogen-bond acceptors (Lipinski definition) is 4. The van der Waals surface area contributed by atoms with E-state index in [-0.39, 0.29) is 11.8 Å². The van der Waals surface area contributed by atoms with Crippen LogP contribution in [0.4, 0.5) is 5.69 Å². The van der Waals surface area contributed by atoms with Crippen LogP contribution in [0.3, 0.4) is 0 Å². The van der Waals surface area contributed by atoms with Crippen LogP contribution in [0, 0.1) is 5.92 Å². The van der Waals surface area contributed by atoms with Gasteiger partial charge in [-0.25, -0.2) is 4.90 Å². The van der Waals surface area contributed by atoms with E-state index in [1.54, 1.807) is 19.2 Å². The molecule has 0 radical (unpaired) electrons. The molecular weight excluding hydrogens is 352 g/mol. The SMILES string of the molecule is COc1ccccc1C1=C(N2CCC(C)CC2)C(=O)N(c2ccccc2)C1=O. The predicted octanol–water partition coefficient (Wildman–Crippen LogP) is 3.71. The van der Waals surface area contributed by atoms with Gasteiger partial charge in [0.2, 0.25) is 0 Å². The predicted molar refractivity (Wildman–Crippen MR) is 109 cm³/mol. The first-order valence-corrected chi connectivity index (χ1v) is 9.68. The van der Waals surface area contributed by atoms with Gasteiger partial charge in [0.15, 0.2) is 0 Å². The third-order valence-corrected chi connectivity index (χ3v) is 5.55. The van der Waals surface area contributed by atoms with Crippen molar-refractivity contribution in [2.75, 3.05) is 25.1 Å². The molecule has 0 aliphatic carbocycles. The summed E-state index contributed by atoms with van der Waals surface area (Å²) in [5, 5.41) is 0.